The second kappa shape index (κ2) is 7.94. The van der Waals surface area contributed by atoms with Gasteiger partial charge in [-0.1, -0.05) is 30.3 Å². The Kier molecular flexibility index (Phi) is 5.95. The molecule has 2 N–H and O–H groups in total. The number of hydrogen-bond donors (Lipinski definition) is 2. The zero-order valence-electron chi connectivity index (χ0n) is 13.0. The maximum Gasteiger partial charge on any atom is 0.222 e. The van der Waals surface area contributed by atoms with E-state index in [-0.39, 0.29) is 30.4 Å². The number of aryl methyl sites for hydroxylation is 1. The molecule has 0 spiro atoms. The molecule has 120 valence electrons. The second-order valence-corrected chi connectivity index (χ2v) is 5.89. The number of benzene rings is 1. The molecule has 5 nitrogen and oxygen atoms in total. The van der Waals surface area contributed by atoms with Crippen LogP contribution >= 0.6 is 0 Å². The van der Waals surface area contributed by atoms with Crippen LogP contribution in [0.3, 0.4) is 0 Å². The molecule has 1 fully saturated rings. The fourth-order valence-corrected chi connectivity index (χ4v) is 2.93. The number of likely N-dealkylation sites (tertiary alicyclic amines) is 1. The number of aliphatic hydroxyl groups excluding tert-OH is 1. The minimum atomic E-state index is -0.138. The van der Waals surface area contributed by atoms with Gasteiger partial charge in [-0.05, 0) is 18.4 Å². The maximum absolute atomic E-state index is 12.3. The lowest BCUT2D eigenvalue weighted by Gasteiger charge is -2.17. The van der Waals surface area contributed by atoms with Crippen LogP contribution in [0.15, 0.2) is 30.3 Å². The van der Waals surface area contributed by atoms with E-state index < -0.39 is 0 Å². The predicted octanol–water partition coefficient (Wildman–Crippen LogP) is 0.965. The number of nitrogens with zero attached hydrogens (tertiary/aromatic N) is 1. The van der Waals surface area contributed by atoms with E-state index in [2.05, 4.69) is 17.4 Å². The van der Waals surface area contributed by atoms with Gasteiger partial charge in [0.1, 0.15) is 0 Å². The number of amides is 2. The summed E-state index contributed by atoms with van der Waals surface area (Å²) < 4.78 is 0. The molecule has 1 saturated heterocycles. The highest BCUT2D eigenvalue weighted by Gasteiger charge is 2.34. The van der Waals surface area contributed by atoms with Gasteiger partial charge >= 0.3 is 0 Å². The summed E-state index contributed by atoms with van der Waals surface area (Å²) in [4.78, 5) is 25.2. The molecule has 2 amide bonds. The Labute approximate surface area is 131 Å². The molecule has 1 aromatic carbocycles. The first kappa shape index (κ1) is 16.5. The average Bonchev–Trinajstić information content (AvgIpc) is 2.90. The summed E-state index contributed by atoms with van der Waals surface area (Å²) in [5.74, 6) is -0.0916. The molecule has 0 unspecified atom stereocenters. The Morgan fingerprint density at radius 2 is 2.00 bits per heavy atom. The van der Waals surface area contributed by atoms with Crippen LogP contribution in [0.25, 0.3) is 0 Å². The molecule has 0 aliphatic carbocycles. The minimum Gasteiger partial charge on any atom is -0.396 e. The molecule has 5 heteroatoms. The second-order valence-electron chi connectivity index (χ2n) is 5.89. The van der Waals surface area contributed by atoms with Gasteiger partial charge in [0, 0.05) is 39.0 Å². The van der Waals surface area contributed by atoms with Crippen LogP contribution < -0.4 is 5.32 Å². The van der Waals surface area contributed by atoms with E-state index in [0.717, 1.165) is 12.8 Å². The quantitative estimate of drug-likeness (QED) is 0.822. The van der Waals surface area contributed by atoms with Crippen LogP contribution in [-0.2, 0) is 16.0 Å². The molecular formula is C17H24N2O3. The smallest absolute Gasteiger partial charge is 0.222 e. The first-order valence-corrected chi connectivity index (χ1v) is 7.80. The van der Waals surface area contributed by atoms with Crippen molar-refractivity contribution in [1.29, 1.82) is 0 Å². The van der Waals surface area contributed by atoms with Crippen LogP contribution in [0, 0.1) is 5.92 Å². The van der Waals surface area contributed by atoms with E-state index in [1.165, 1.54) is 12.5 Å². The standard InChI is InChI=1S/C17H24N2O3/c1-13(21)18-16-11-19(10-15(16)12-20)17(22)9-5-8-14-6-3-2-4-7-14/h2-4,6-7,15-16,20H,5,8-12H2,1H3,(H,18,21)/t15-,16+/m0/s1. The molecular weight excluding hydrogens is 280 g/mol. The topological polar surface area (TPSA) is 69.6 Å². The number of rotatable bonds is 6. The minimum absolute atomic E-state index is 0.0151. The summed E-state index contributed by atoms with van der Waals surface area (Å²) >= 11 is 0. The van der Waals surface area contributed by atoms with Crippen LogP contribution in [0.2, 0.25) is 0 Å². The number of hydrogen-bond acceptors (Lipinski definition) is 3. The third kappa shape index (κ3) is 4.56. The van der Waals surface area contributed by atoms with Gasteiger partial charge in [-0.15, -0.1) is 0 Å². The van der Waals surface area contributed by atoms with Crippen molar-refractivity contribution >= 4 is 11.8 Å². The summed E-state index contributed by atoms with van der Waals surface area (Å²) in [6.07, 6.45) is 2.20. The van der Waals surface area contributed by atoms with Gasteiger partial charge in [-0.2, -0.15) is 0 Å². The van der Waals surface area contributed by atoms with Gasteiger partial charge in [0.15, 0.2) is 0 Å². The fraction of sp³-hybridized carbons (Fsp3) is 0.529. The zero-order chi connectivity index (χ0) is 15.9. The molecule has 1 heterocycles. The van der Waals surface area contributed by atoms with Gasteiger partial charge in [-0.3, -0.25) is 9.59 Å². The molecule has 0 saturated carbocycles. The van der Waals surface area contributed by atoms with Crippen molar-refractivity contribution in [3.8, 4) is 0 Å². The van der Waals surface area contributed by atoms with Crippen molar-refractivity contribution in [2.24, 2.45) is 5.92 Å². The third-order valence-corrected chi connectivity index (χ3v) is 4.12. The lowest BCUT2D eigenvalue weighted by atomic mass is 10.1. The number of carbonyl (C=O) groups is 2. The predicted molar refractivity (Wildman–Crippen MR) is 84.1 cm³/mol. The number of aliphatic hydroxyl groups is 1. The number of nitrogens with one attached hydrogen (secondary N) is 1. The van der Waals surface area contributed by atoms with Crippen molar-refractivity contribution < 1.29 is 14.7 Å². The summed E-state index contributed by atoms with van der Waals surface area (Å²) in [6.45, 7) is 2.46. The van der Waals surface area contributed by atoms with Crippen molar-refractivity contribution in [1.82, 2.24) is 10.2 Å². The van der Waals surface area contributed by atoms with Crippen LogP contribution in [0.1, 0.15) is 25.3 Å². The van der Waals surface area contributed by atoms with Gasteiger partial charge in [-0.25, -0.2) is 0 Å². The van der Waals surface area contributed by atoms with Crippen LogP contribution in [0.4, 0.5) is 0 Å². The molecule has 0 aromatic heterocycles. The van der Waals surface area contributed by atoms with E-state index in [0.29, 0.717) is 19.5 Å². The van der Waals surface area contributed by atoms with Crippen LogP contribution in [-0.4, -0.2) is 47.6 Å². The Morgan fingerprint density at radius 3 is 2.64 bits per heavy atom. The van der Waals surface area contributed by atoms with Crippen molar-refractivity contribution in [3.05, 3.63) is 35.9 Å². The average molecular weight is 304 g/mol. The normalized spacial score (nSPS) is 20.9. The van der Waals surface area contributed by atoms with Gasteiger partial charge in [0.05, 0.1) is 6.04 Å². The van der Waals surface area contributed by atoms with E-state index >= 15 is 0 Å². The Balaban J connectivity index is 1.79. The summed E-state index contributed by atoms with van der Waals surface area (Å²) in [5, 5.41) is 12.2. The maximum atomic E-state index is 12.3. The van der Waals surface area contributed by atoms with Crippen molar-refractivity contribution in [3.63, 3.8) is 0 Å². The first-order chi connectivity index (χ1) is 10.6. The summed E-state index contributed by atoms with van der Waals surface area (Å²) in [5.41, 5.74) is 1.24. The van der Waals surface area contributed by atoms with E-state index in [9.17, 15) is 14.7 Å². The highest BCUT2D eigenvalue weighted by Crippen LogP contribution is 2.18. The van der Waals surface area contributed by atoms with Crippen molar-refractivity contribution in [2.75, 3.05) is 19.7 Å². The highest BCUT2D eigenvalue weighted by atomic mass is 16.3. The number of carbonyl (C=O) groups excluding carboxylic acids is 2. The first-order valence-electron chi connectivity index (χ1n) is 7.80. The Hall–Kier alpha value is -1.88. The van der Waals surface area contributed by atoms with Crippen molar-refractivity contribution in [2.45, 2.75) is 32.2 Å². The van der Waals surface area contributed by atoms with Crippen LogP contribution in [0.5, 0.6) is 0 Å². The molecule has 0 bridgehead atoms. The summed E-state index contributed by atoms with van der Waals surface area (Å²) in [7, 11) is 0. The molecule has 1 aliphatic rings. The Morgan fingerprint density at radius 1 is 1.27 bits per heavy atom. The molecule has 1 aromatic rings. The monoisotopic (exact) mass is 304 g/mol. The molecule has 2 atom stereocenters. The molecule has 0 radical (unpaired) electrons. The third-order valence-electron chi connectivity index (χ3n) is 4.12. The molecule has 22 heavy (non-hydrogen) atoms. The zero-order valence-corrected chi connectivity index (χ0v) is 13.0. The SMILES string of the molecule is CC(=O)N[C@@H]1CN(C(=O)CCCc2ccccc2)C[C@H]1CO. The fourth-order valence-electron chi connectivity index (χ4n) is 2.93. The van der Waals surface area contributed by atoms with Gasteiger partial charge in [0.2, 0.25) is 11.8 Å². The molecule has 1 aliphatic heterocycles. The van der Waals surface area contributed by atoms with Gasteiger partial charge < -0.3 is 15.3 Å². The largest absolute Gasteiger partial charge is 0.396 e. The Bertz CT molecular complexity index is 504. The van der Waals surface area contributed by atoms with E-state index in [1.807, 2.05) is 18.2 Å². The lowest BCUT2D eigenvalue weighted by molar-refractivity contribution is -0.130. The van der Waals surface area contributed by atoms with E-state index in [4.69, 9.17) is 0 Å². The van der Waals surface area contributed by atoms with E-state index in [1.54, 1.807) is 4.90 Å². The lowest BCUT2D eigenvalue weighted by Crippen LogP contribution is -2.40. The highest BCUT2D eigenvalue weighted by molar-refractivity contribution is 5.77. The molecule has 2 rings (SSSR count). The van der Waals surface area contributed by atoms with Gasteiger partial charge in [0.25, 0.3) is 0 Å². The summed E-state index contributed by atoms with van der Waals surface area (Å²) in [6, 6.07) is 9.98.